The second-order valence-electron chi connectivity index (χ2n) is 5.28. The number of nitrogens with zero attached hydrogens (tertiary/aromatic N) is 2. The summed E-state index contributed by atoms with van der Waals surface area (Å²) < 4.78 is 0. The summed E-state index contributed by atoms with van der Waals surface area (Å²) in [6.45, 7) is 3.23. The van der Waals surface area contributed by atoms with Crippen molar-refractivity contribution >= 4 is 23.1 Å². The summed E-state index contributed by atoms with van der Waals surface area (Å²) in [5.41, 5.74) is 2.18. The molecule has 0 aliphatic carbocycles. The summed E-state index contributed by atoms with van der Waals surface area (Å²) in [5.74, 6) is -0.205. The SMILES string of the molecule is CNC1CC(=NOC)c2ccccc2N(C(C)C(C)=O)C1=O. The molecule has 1 aliphatic rings. The Labute approximate surface area is 130 Å². The molecule has 22 heavy (non-hydrogen) atoms. The summed E-state index contributed by atoms with van der Waals surface area (Å²) in [6.07, 6.45) is 0.404. The van der Waals surface area contributed by atoms with E-state index in [0.717, 1.165) is 5.56 Å². The van der Waals surface area contributed by atoms with Gasteiger partial charge in [0, 0.05) is 12.0 Å². The minimum Gasteiger partial charge on any atom is -0.399 e. The van der Waals surface area contributed by atoms with Gasteiger partial charge >= 0.3 is 0 Å². The zero-order valence-electron chi connectivity index (χ0n) is 13.3. The Hall–Kier alpha value is -2.21. The van der Waals surface area contributed by atoms with Crippen LogP contribution in [0.15, 0.2) is 29.4 Å². The zero-order chi connectivity index (χ0) is 16.3. The van der Waals surface area contributed by atoms with Gasteiger partial charge in [0.1, 0.15) is 7.11 Å². The molecule has 0 saturated heterocycles. The summed E-state index contributed by atoms with van der Waals surface area (Å²) in [7, 11) is 3.20. The topological polar surface area (TPSA) is 71.0 Å². The number of oxime groups is 1. The maximum atomic E-state index is 12.9. The van der Waals surface area contributed by atoms with E-state index in [2.05, 4.69) is 10.5 Å². The standard InChI is InChI=1S/C16H21N3O3/c1-10(11(2)20)19-15-8-6-5-7-12(15)13(18-22-4)9-14(17-3)16(19)21/h5-8,10,14,17H,9H2,1-4H3. The number of nitrogens with one attached hydrogen (secondary N) is 1. The van der Waals surface area contributed by atoms with Crippen molar-refractivity contribution in [3.8, 4) is 0 Å². The third kappa shape index (κ3) is 2.87. The van der Waals surface area contributed by atoms with Gasteiger partial charge in [-0.2, -0.15) is 0 Å². The van der Waals surface area contributed by atoms with Crippen LogP contribution in [-0.4, -0.2) is 43.6 Å². The number of ketones is 1. The number of carbonyl (C=O) groups is 2. The Bertz CT molecular complexity index is 612. The average Bonchev–Trinajstić information content (AvgIpc) is 2.62. The van der Waals surface area contributed by atoms with Crippen LogP contribution in [0.2, 0.25) is 0 Å². The third-order valence-electron chi connectivity index (χ3n) is 3.93. The van der Waals surface area contributed by atoms with E-state index in [1.807, 2.05) is 24.3 Å². The molecule has 1 N–H and O–H groups in total. The molecule has 2 atom stereocenters. The lowest BCUT2D eigenvalue weighted by Crippen LogP contribution is -2.50. The molecular formula is C16H21N3O3. The predicted molar refractivity (Wildman–Crippen MR) is 85.1 cm³/mol. The Morgan fingerprint density at radius 1 is 1.45 bits per heavy atom. The van der Waals surface area contributed by atoms with Gasteiger partial charge < -0.3 is 15.1 Å². The second kappa shape index (κ2) is 6.70. The van der Waals surface area contributed by atoms with Crippen molar-refractivity contribution in [1.29, 1.82) is 0 Å². The fourth-order valence-corrected chi connectivity index (χ4v) is 2.61. The monoisotopic (exact) mass is 303 g/mol. The highest BCUT2D eigenvalue weighted by Crippen LogP contribution is 2.29. The van der Waals surface area contributed by atoms with Crippen LogP contribution >= 0.6 is 0 Å². The summed E-state index contributed by atoms with van der Waals surface area (Å²) in [4.78, 5) is 31.2. The Kier molecular flexibility index (Phi) is 4.92. The van der Waals surface area contributed by atoms with E-state index >= 15 is 0 Å². The van der Waals surface area contributed by atoms with E-state index < -0.39 is 12.1 Å². The Balaban J connectivity index is 2.64. The smallest absolute Gasteiger partial charge is 0.245 e. The van der Waals surface area contributed by atoms with Crippen LogP contribution in [0.4, 0.5) is 5.69 Å². The van der Waals surface area contributed by atoms with E-state index in [0.29, 0.717) is 17.8 Å². The highest BCUT2D eigenvalue weighted by Gasteiger charge is 2.36. The van der Waals surface area contributed by atoms with Crippen LogP contribution in [-0.2, 0) is 14.4 Å². The molecule has 0 fully saturated rings. The number of hydrogen-bond acceptors (Lipinski definition) is 5. The number of rotatable bonds is 4. The van der Waals surface area contributed by atoms with E-state index in [4.69, 9.17) is 4.84 Å². The fourth-order valence-electron chi connectivity index (χ4n) is 2.61. The lowest BCUT2D eigenvalue weighted by molar-refractivity contribution is -0.124. The van der Waals surface area contributed by atoms with Gasteiger partial charge in [0.05, 0.1) is 23.5 Å². The molecule has 0 saturated carbocycles. The van der Waals surface area contributed by atoms with Crippen molar-refractivity contribution in [2.75, 3.05) is 19.1 Å². The van der Waals surface area contributed by atoms with Crippen LogP contribution in [0.3, 0.4) is 0 Å². The van der Waals surface area contributed by atoms with Gasteiger partial charge in [0.2, 0.25) is 5.91 Å². The molecule has 1 amide bonds. The van der Waals surface area contributed by atoms with Gasteiger partial charge in [-0.3, -0.25) is 9.59 Å². The van der Waals surface area contributed by atoms with Crippen molar-refractivity contribution in [2.45, 2.75) is 32.4 Å². The normalized spacial score (nSPS) is 21.3. The number of hydrogen-bond donors (Lipinski definition) is 1. The van der Waals surface area contributed by atoms with Crippen molar-refractivity contribution in [2.24, 2.45) is 5.16 Å². The molecule has 1 aromatic rings. The Morgan fingerprint density at radius 2 is 2.14 bits per heavy atom. The predicted octanol–water partition coefficient (Wildman–Crippen LogP) is 1.34. The first kappa shape index (κ1) is 16.2. The first-order valence-corrected chi connectivity index (χ1v) is 7.21. The number of carbonyl (C=O) groups excluding carboxylic acids is 2. The van der Waals surface area contributed by atoms with Crippen LogP contribution in [0, 0.1) is 0 Å². The average molecular weight is 303 g/mol. The highest BCUT2D eigenvalue weighted by atomic mass is 16.6. The molecule has 2 rings (SSSR count). The maximum absolute atomic E-state index is 12.9. The molecule has 1 aromatic carbocycles. The largest absolute Gasteiger partial charge is 0.399 e. The Morgan fingerprint density at radius 3 is 2.73 bits per heavy atom. The molecule has 1 aliphatic heterocycles. The number of amides is 1. The number of benzene rings is 1. The summed E-state index contributed by atoms with van der Waals surface area (Å²) in [5, 5.41) is 7.07. The van der Waals surface area contributed by atoms with E-state index in [-0.39, 0.29) is 11.7 Å². The molecule has 0 aromatic heterocycles. The molecule has 118 valence electrons. The van der Waals surface area contributed by atoms with E-state index in [1.165, 1.54) is 14.0 Å². The summed E-state index contributed by atoms with van der Waals surface area (Å²) in [6, 6.07) is 6.45. The van der Waals surface area contributed by atoms with E-state index in [1.54, 1.807) is 18.9 Å². The van der Waals surface area contributed by atoms with Crippen molar-refractivity contribution in [3.05, 3.63) is 29.8 Å². The molecule has 6 nitrogen and oxygen atoms in total. The molecule has 2 unspecified atom stereocenters. The lowest BCUT2D eigenvalue weighted by atomic mass is 10.0. The van der Waals surface area contributed by atoms with Gasteiger partial charge in [-0.1, -0.05) is 23.4 Å². The number of para-hydroxylation sites is 1. The zero-order valence-corrected chi connectivity index (χ0v) is 13.3. The highest BCUT2D eigenvalue weighted by molar-refractivity contribution is 6.15. The van der Waals surface area contributed by atoms with Crippen LogP contribution in [0.5, 0.6) is 0 Å². The van der Waals surface area contributed by atoms with Gasteiger partial charge in [-0.25, -0.2) is 0 Å². The summed E-state index contributed by atoms with van der Waals surface area (Å²) >= 11 is 0. The van der Waals surface area contributed by atoms with Gasteiger partial charge in [-0.15, -0.1) is 0 Å². The molecule has 0 radical (unpaired) electrons. The number of anilines is 1. The third-order valence-corrected chi connectivity index (χ3v) is 3.93. The first-order valence-electron chi connectivity index (χ1n) is 7.21. The van der Waals surface area contributed by atoms with Crippen LogP contribution in [0.1, 0.15) is 25.8 Å². The van der Waals surface area contributed by atoms with Crippen LogP contribution in [0.25, 0.3) is 0 Å². The molecule has 0 spiro atoms. The molecule has 6 heteroatoms. The number of likely N-dealkylation sites (N-methyl/N-ethyl adjacent to an activating group) is 1. The van der Waals surface area contributed by atoms with Crippen molar-refractivity contribution < 1.29 is 14.4 Å². The minimum atomic E-state index is -0.536. The first-order chi connectivity index (χ1) is 10.5. The van der Waals surface area contributed by atoms with E-state index in [9.17, 15) is 9.59 Å². The van der Waals surface area contributed by atoms with Crippen molar-refractivity contribution in [1.82, 2.24) is 5.32 Å². The number of Topliss-reactive ketones (excluding diaryl/α,β-unsaturated/α-hetero) is 1. The van der Waals surface area contributed by atoms with Crippen molar-refractivity contribution in [3.63, 3.8) is 0 Å². The number of fused-ring (bicyclic) bond motifs is 1. The second-order valence-corrected chi connectivity index (χ2v) is 5.28. The van der Waals surface area contributed by atoms with Gasteiger partial charge in [0.25, 0.3) is 0 Å². The minimum absolute atomic E-state index is 0.0647. The molecular weight excluding hydrogens is 282 g/mol. The van der Waals surface area contributed by atoms with Crippen LogP contribution < -0.4 is 10.2 Å². The van der Waals surface area contributed by atoms with Gasteiger partial charge in [-0.05, 0) is 27.0 Å². The molecule has 1 heterocycles. The lowest BCUT2D eigenvalue weighted by Gasteiger charge is -2.29. The molecule has 0 bridgehead atoms. The fraction of sp³-hybridized carbons (Fsp3) is 0.438. The van der Waals surface area contributed by atoms with Gasteiger partial charge in [0.15, 0.2) is 5.78 Å². The maximum Gasteiger partial charge on any atom is 0.245 e. The quantitative estimate of drug-likeness (QED) is 0.852.